The fraction of sp³-hybridized carbons (Fsp3) is 0. The minimum absolute atomic E-state index is 0.0465. The largest absolute Gasteiger partial charge is 0.508 e. The number of hydrazine groups is 1. The van der Waals surface area contributed by atoms with Crippen LogP contribution in [0.2, 0.25) is 0 Å². The van der Waals surface area contributed by atoms with Crippen LogP contribution in [-0.2, 0) is 0 Å². The highest BCUT2D eigenvalue weighted by molar-refractivity contribution is 5.55. The molecule has 92 valence electrons. The van der Waals surface area contributed by atoms with E-state index in [-0.39, 0.29) is 11.4 Å². The van der Waals surface area contributed by atoms with E-state index < -0.39 is 4.92 Å². The van der Waals surface area contributed by atoms with Gasteiger partial charge in [0.15, 0.2) is 0 Å². The van der Waals surface area contributed by atoms with Crippen LogP contribution in [0, 0.1) is 10.1 Å². The number of phenols is 1. The summed E-state index contributed by atoms with van der Waals surface area (Å²) in [6.07, 6.45) is 0. The molecule has 0 saturated carbocycles. The predicted molar refractivity (Wildman–Crippen MR) is 68.4 cm³/mol. The van der Waals surface area contributed by atoms with Gasteiger partial charge in [-0.3, -0.25) is 10.1 Å². The molecule has 0 atom stereocenters. The topological polar surface area (TPSA) is 87.4 Å². The van der Waals surface area contributed by atoms with Gasteiger partial charge in [0, 0.05) is 12.1 Å². The van der Waals surface area contributed by atoms with Gasteiger partial charge in [-0.05, 0) is 36.4 Å². The number of non-ortho nitro benzene ring substituents is 1. The molecule has 2 aromatic rings. The minimum atomic E-state index is -0.447. The van der Waals surface area contributed by atoms with Gasteiger partial charge in [-0.1, -0.05) is 0 Å². The number of nitrogens with one attached hydrogen (secondary N) is 2. The molecule has 0 saturated heterocycles. The molecule has 0 fully saturated rings. The van der Waals surface area contributed by atoms with Crippen molar-refractivity contribution in [3.63, 3.8) is 0 Å². The van der Waals surface area contributed by atoms with E-state index in [0.717, 1.165) is 5.69 Å². The zero-order valence-electron chi connectivity index (χ0n) is 9.33. The summed E-state index contributed by atoms with van der Waals surface area (Å²) in [5, 5.41) is 19.6. The van der Waals surface area contributed by atoms with E-state index in [1.165, 1.54) is 12.1 Å². The third-order valence-electron chi connectivity index (χ3n) is 2.30. The third kappa shape index (κ3) is 2.88. The van der Waals surface area contributed by atoms with Crippen molar-refractivity contribution >= 4 is 17.1 Å². The molecule has 0 aliphatic heterocycles. The summed E-state index contributed by atoms with van der Waals surface area (Å²) >= 11 is 0. The molecule has 3 N–H and O–H groups in total. The summed E-state index contributed by atoms with van der Waals surface area (Å²) in [5.74, 6) is 0.191. The molecule has 6 nitrogen and oxygen atoms in total. The van der Waals surface area contributed by atoms with E-state index in [0.29, 0.717) is 5.69 Å². The van der Waals surface area contributed by atoms with Crippen LogP contribution in [-0.4, -0.2) is 10.0 Å². The molecule has 0 spiro atoms. The zero-order valence-corrected chi connectivity index (χ0v) is 9.33. The molecule has 0 unspecified atom stereocenters. The summed E-state index contributed by atoms with van der Waals surface area (Å²) < 4.78 is 0. The van der Waals surface area contributed by atoms with Crippen molar-refractivity contribution in [2.75, 3.05) is 10.9 Å². The van der Waals surface area contributed by atoms with Crippen molar-refractivity contribution in [2.24, 2.45) is 0 Å². The summed E-state index contributed by atoms with van der Waals surface area (Å²) in [5.41, 5.74) is 7.32. The van der Waals surface area contributed by atoms with E-state index in [4.69, 9.17) is 5.11 Å². The van der Waals surface area contributed by atoms with Crippen molar-refractivity contribution in [2.45, 2.75) is 0 Å². The van der Waals surface area contributed by atoms with Crippen molar-refractivity contribution in [1.82, 2.24) is 0 Å². The lowest BCUT2D eigenvalue weighted by molar-refractivity contribution is -0.384. The van der Waals surface area contributed by atoms with Gasteiger partial charge in [0.2, 0.25) is 0 Å². The lowest BCUT2D eigenvalue weighted by Crippen LogP contribution is -2.08. The Bertz CT molecular complexity index is 537. The predicted octanol–water partition coefficient (Wildman–Crippen LogP) is 2.74. The first-order valence-electron chi connectivity index (χ1n) is 5.21. The average Bonchev–Trinajstić information content (AvgIpc) is 2.38. The third-order valence-corrected chi connectivity index (χ3v) is 2.30. The number of nitrogens with zero attached hydrogens (tertiary/aromatic N) is 1. The maximum atomic E-state index is 10.5. The Morgan fingerprint density at radius 1 is 0.889 bits per heavy atom. The number of hydrogen-bond donors (Lipinski definition) is 3. The van der Waals surface area contributed by atoms with Crippen molar-refractivity contribution in [3.8, 4) is 5.75 Å². The Morgan fingerprint density at radius 2 is 1.33 bits per heavy atom. The first-order chi connectivity index (χ1) is 8.65. The van der Waals surface area contributed by atoms with Crippen LogP contribution in [0.25, 0.3) is 0 Å². The highest BCUT2D eigenvalue weighted by atomic mass is 16.6. The van der Waals surface area contributed by atoms with Gasteiger partial charge in [0.05, 0.1) is 16.3 Å². The van der Waals surface area contributed by atoms with E-state index in [9.17, 15) is 10.1 Å². The molecule has 18 heavy (non-hydrogen) atoms. The van der Waals surface area contributed by atoms with Crippen LogP contribution in [0.15, 0.2) is 48.5 Å². The van der Waals surface area contributed by atoms with Gasteiger partial charge in [0.1, 0.15) is 5.75 Å². The van der Waals surface area contributed by atoms with Crippen LogP contribution in [0.3, 0.4) is 0 Å². The van der Waals surface area contributed by atoms with E-state index >= 15 is 0 Å². The standard InChI is InChI=1S/C12H11N3O3/c16-12-7-3-10(4-8-12)14-13-9-1-5-11(6-2-9)15(17)18/h1-8,13-14,16H. The van der Waals surface area contributed by atoms with Crippen LogP contribution in [0.4, 0.5) is 17.1 Å². The molecule has 0 amide bonds. The highest BCUT2D eigenvalue weighted by Gasteiger charge is 2.03. The van der Waals surface area contributed by atoms with Crippen molar-refractivity contribution in [1.29, 1.82) is 0 Å². The Labute approximate surface area is 103 Å². The summed E-state index contributed by atoms with van der Waals surface area (Å²) in [6, 6.07) is 12.6. The van der Waals surface area contributed by atoms with Gasteiger partial charge in [-0.15, -0.1) is 0 Å². The van der Waals surface area contributed by atoms with E-state index in [1.807, 2.05) is 0 Å². The normalized spacial score (nSPS) is 9.78. The number of hydrogen-bond acceptors (Lipinski definition) is 5. The zero-order chi connectivity index (χ0) is 13.0. The van der Waals surface area contributed by atoms with Crippen molar-refractivity contribution in [3.05, 3.63) is 58.6 Å². The second-order valence-electron chi connectivity index (χ2n) is 3.60. The second kappa shape index (κ2) is 5.05. The smallest absolute Gasteiger partial charge is 0.269 e. The Hall–Kier alpha value is -2.76. The first kappa shape index (κ1) is 11.7. The first-order valence-corrected chi connectivity index (χ1v) is 5.21. The Balaban J connectivity index is 1.97. The molecule has 0 heterocycles. The summed E-state index contributed by atoms with van der Waals surface area (Å²) in [4.78, 5) is 10.0. The fourth-order valence-corrected chi connectivity index (χ4v) is 1.36. The van der Waals surface area contributed by atoms with Gasteiger partial charge in [-0.2, -0.15) is 0 Å². The van der Waals surface area contributed by atoms with Crippen LogP contribution < -0.4 is 10.9 Å². The second-order valence-corrected chi connectivity index (χ2v) is 3.60. The van der Waals surface area contributed by atoms with Crippen molar-refractivity contribution < 1.29 is 10.0 Å². The van der Waals surface area contributed by atoms with Gasteiger partial charge in [-0.25, -0.2) is 0 Å². The quantitative estimate of drug-likeness (QED) is 0.438. The molecule has 0 aliphatic carbocycles. The van der Waals surface area contributed by atoms with Crippen LogP contribution in [0.1, 0.15) is 0 Å². The maximum absolute atomic E-state index is 10.5. The number of aromatic hydroxyl groups is 1. The van der Waals surface area contributed by atoms with Gasteiger partial charge in [0.25, 0.3) is 5.69 Å². The molecule has 2 aromatic carbocycles. The number of nitro groups is 1. The van der Waals surface area contributed by atoms with E-state index in [1.54, 1.807) is 36.4 Å². The number of anilines is 2. The SMILES string of the molecule is O=[N+]([O-])c1ccc(NNc2ccc(O)cc2)cc1. The molecule has 0 aliphatic rings. The molecule has 0 aromatic heterocycles. The van der Waals surface area contributed by atoms with Gasteiger partial charge >= 0.3 is 0 Å². The number of nitro benzene ring substituents is 1. The molecular formula is C12H11N3O3. The molecular weight excluding hydrogens is 234 g/mol. The van der Waals surface area contributed by atoms with Crippen LogP contribution in [0.5, 0.6) is 5.75 Å². The minimum Gasteiger partial charge on any atom is -0.508 e. The lowest BCUT2D eigenvalue weighted by Gasteiger charge is -2.09. The molecule has 6 heteroatoms. The summed E-state index contributed by atoms with van der Waals surface area (Å²) in [6.45, 7) is 0. The average molecular weight is 245 g/mol. The van der Waals surface area contributed by atoms with Crippen LogP contribution >= 0.6 is 0 Å². The lowest BCUT2D eigenvalue weighted by atomic mass is 10.3. The fourth-order valence-electron chi connectivity index (χ4n) is 1.36. The number of rotatable bonds is 4. The van der Waals surface area contributed by atoms with Gasteiger partial charge < -0.3 is 16.0 Å². The monoisotopic (exact) mass is 245 g/mol. The van der Waals surface area contributed by atoms with E-state index in [2.05, 4.69) is 10.9 Å². The molecule has 0 bridgehead atoms. The molecule has 2 rings (SSSR count). The summed E-state index contributed by atoms with van der Waals surface area (Å²) in [7, 11) is 0. The maximum Gasteiger partial charge on any atom is 0.269 e. The molecule has 0 radical (unpaired) electrons. The number of phenolic OH excluding ortho intramolecular Hbond substituents is 1. The number of benzene rings is 2. The Morgan fingerprint density at radius 3 is 1.78 bits per heavy atom. The Kier molecular flexibility index (Phi) is 3.29. The highest BCUT2D eigenvalue weighted by Crippen LogP contribution is 2.17.